The zero-order valence-corrected chi connectivity index (χ0v) is 14.4. The highest BCUT2D eigenvalue weighted by Crippen LogP contribution is 2.82. The van der Waals surface area contributed by atoms with Gasteiger partial charge in [-0.05, 0) is 18.2 Å². The second-order valence-electron chi connectivity index (χ2n) is 5.87. The molecule has 1 aliphatic carbocycles. The van der Waals surface area contributed by atoms with Gasteiger partial charge in [-0.15, -0.1) is 0 Å². The molecule has 0 unspecified atom stereocenters. The van der Waals surface area contributed by atoms with Crippen molar-refractivity contribution in [3.8, 4) is 23.6 Å². The van der Waals surface area contributed by atoms with Crippen LogP contribution in [0.3, 0.4) is 0 Å². The Bertz CT molecular complexity index is 836. The highest BCUT2D eigenvalue weighted by molar-refractivity contribution is 6.00. The van der Waals surface area contributed by atoms with Gasteiger partial charge in [-0.1, -0.05) is 0 Å². The first-order valence-corrected chi connectivity index (χ1v) is 7.49. The Kier molecular flexibility index (Phi) is 3.64. The van der Waals surface area contributed by atoms with Crippen molar-refractivity contribution in [2.45, 2.75) is 11.8 Å². The summed E-state index contributed by atoms with van der Waals surface area (Å²) in [4.78, 5) is 4.18. The lowest BCUT2D eigenvalue weighted by Gasteiger charge is -2.29. The van der Waals surface area contributed by atoms with Crippen LogP contribution < -0.4 is 15.2 Å². The standard InChI is InChI=1S/C17H18N4O4/c1-22-10-5-6-12(23-2)11(7-10)13-15(8-18)14(20)21-17(24-3,25-4)16(13,15)9-19/h5-7,13H,1-4H3,(H2,20,21)/t13-,15-,16-/m1/s1. The Hall–Kier alpha value is -2.81. The summed E-state index contributed by atoms with van der Waals surface area (Å²) in [5, 5.41) is 20.0. The van der Waals surface area contributed by atoms with E-state index in [0.717, 1.165) is 0 Å². The first-order valence-electron chi connectivity index (χ1n) is 7.49. The quantitative estimate of drug-likeness (QED) is 0.796. The van der Waals surface area contributed by atoms with Crippen LogP contribution in [0.25, 0.3) is 0 Å². The fourth-order valence-corrected chi connectivity index (χ4v) is 4.05. The van der Waals surface area contributed by atoms with Gasteiger partial charge in [0.25, 0.3) is 5.91 Å². The number of nitrogens with two attached hydrogens (primary N) is 1. The molecule has 0 amide bonds. The van der Waals surface area contributed by atoms with E-state index in [1.165, 1.54) is 28.4 Å². The van der Waals surface area contributed by atoms with Crippen molar-refractivity contribution in [3.05, 3.63) is 23.8 Å². The van der Waals surface area contributed by atoms with Crippen LogP contribution in [-0.2, 0) is 9.47 Å². The number of nitriles is 2. The molecule has 1 saturated carbocycles. The maximum Gasteiger partial charge on any atom is 0.292 e. The van der Waals surface area contributed by atoms with Gasteiger partial charge < -0.3 is 24.7 Å². The summed E-state index contributed by atoms with van der Waals surface area (Å²) >= 11 is 0. The van der Waals surface area contributed by atoms with Crippen LogP contribution in [0.4, 0.5) is 0 Å². The normalized spacial score (nSPS) is 31.3. The lowest BCUT2D eigenvalue weighted by atomic mass is 9.93. The molecule has 3 atom stereocenters. The van der Waals surface area contributed by atoms with Crippen molar-refractivity contribution in [3.63, 3.8) is 0 Å². The number of rotatable bonds is 5. The fourth-order valence-electron chi connectivity index (χ4n) is 4.05. The summed E-state index contributed by atoms with van der Waals surface area (Å²) in [6.45, 7) is 0. The number of methoxy groups -OCH3 is 4. The molecule has 0 bridgehead atoms. The first-order chi connectivity index (χ1) is 12.0. The Morgan fingerprint density at radius 1 is 1.08 bits per heavy atom. The van der Waals surface area contributed by atoms with Crippen LogP contribution in [0.2, 0.25) is 0 Å². The average molecular weight is 342 g/mol. The predicted octanol–water partition coefficient (Wildman–Crippen LogP) is 1.14. The van der Waals surface area contributed by atoms with Crippen LogP contribution in [0.1, 0.15) is 11.5 Å². The van der Waals surface area contributed by atoms with E-state index in [2.05, 4.69) is 17.1 Å². The number of benzene rings is 1. The number of amidine groups is 1. The van der Waals surface area contributed by atoms with Crippen LogP contribution >= 0.6 is 0 Å². The number of nitrogens with zero attached hydrogens (tertiary/aromatic N) is 3. The SMILES string of the molecule is COc1ccc(OC)c([C@@H]2[C@]3(C#N)C(N)=NC(OC)(OC)[C@]23C#N)c1. The molecular weight excluding hydrogens is 324 g/mol. The summed E-state index contributed by atoms with van der Waals surface area (Å²) in [5.41, 5.74) is 3.90. The number of hydrogen-bond donors (Lipinski definition) is 1. The van der Waals surface area contributed by atoms with E-state index in [1.54, 1.807) is 18.2 Å². The number of hydrogen-bond acceptors (Lipinski definition) is 8. The molecular formula is C17H18N4O4. The van der Waals surface area contributed by atoms with Crippen LogP contribution in [0.15, 0.2) is 23.2 Å². The van der Waals surface area contributed by atoms with E-state index in [0.29, 0.717) is 17.1 Å². The molecule has 2 aliphatic rings. The molecule has 25 heavy (non-hydrogen) atoms. The van der Waals surface area contributed by atoms with Crippen LogP contribution in [-0.4, -0.2) is 40.2 Å². The molecule has 130 valence electrons. The predicted molar refractivity (Wildman–Crippen MR) is 86.8 cm³/mol. The van der Waals surface area contributed by atoms with Crippen molar-refractivity contribution in [2.24, 2.45) is 21.6 Å². The largest absolute Gasteiger partial charge is 0.497 e. The van der Waals surface area contributed by atoms with Gasteiger partial charge in [0.2, 0.25) is 0 Å². The third-order valence-electron chi connectivity index (χ3n) is 5.23. The van der Waals surface area contributed by atoms with Crippen LogP contribution in [0, 0.1) is 33.5 Å². The Labute approximate surface area is 145 Å². The lowest BCUT2D eigenvalue weighted by molar-refractivity contribution is -0.230. The topological polar surface area (TPSA) is 123 Å². The third kappa shape index (κ3) is 1.63. The minimum absolute atomic E-state index is 0.00937. The highest BCUT2D eigenvalue weighted by atomic mass is 16.7. The Balaban J connectivity index is 2.29. The average Bonchev–Trinajstić information content (AvgIpc) is 3.23. The molecule has 0 saturated heterocycles. The van der Waals surface area contributed by atoms with Gasteiger partial charge in [-0.2, -0.15) is 10.5 Å². The Morgan fingerprint density at radius 3 is 2.24 bits per heavy atom. The summed E-state index contributed by atoms with van der Waals surface area (Å²) in [6, 6.07) is 9.56. The van der Waals surface area contributed by atoms with Gasteiger partial charge in [0.05, 0.1) is 26.4 Å². The van der Waals surface area contributed by atoms with Crippen molar-refractivity contribution in [1.82, 2.24) is 0 Å². The summed E-state index contributed by atoms with van der Waals surface area (Å²) in [6.07, 6.45) is 0. The molecule has 1 aromatic rings. The molecule has 1 aliphatic heterocycles. The summed E-state index contributed by atoms with van der Waals surface area (Å²) in [5.74, 6) is -1.22. The summed E-state index contributed by atoms with van der Waals surface area (Å²) in [7, 11) is 5.78. The van der Waals surface area contributed by atoms with Crippen molar-refractivity contribution >= 4 is 5.84 Å². The maximum absolute atomic E-state index is 10.0. The van der Waals surface area contributed by atoms with E-state index in [1.807, 2.05) is 0 Å². The molecule has 1 aromatic carbocycles. The fraction of sp³-hybridized carbons (Fsp3) is 0.471. The van der Waals surface area contributed by atoms with Gasteiger partial charge >= 0.3 is 0 Å². The zero-order chi connectivity index (χ0) is 18.5. The van der Waals surface area contributed by atoms with E-state index < -0.39 is 22.7 Å². The minimum Gasteiger partial charge on any atom is -0.497 e. The Morgan fingerprint density at radius 2 is 1.76 bits per heavy atom. The van der Waals surface area contributed by atoms with E-state index in [-0.39, 0.29) is 5.84 Å². The molecule has 8 nitrogen and oxygen atoms in total. The molecule has 0 aromatic heterocycles. The minimum atomic E-state index is -1.67. The summed E-state index contributed by atoms with van der Waals surface area (Å²) < 4.78 is 21.6. The smallest absolute Gasteiger partial charge is 0.292 e. The van der Waals surface area contributed by atoms with Gasteiger partial charge in [-0.25, -0.2) is 4.99 Å². The maximum atomic E-state index is 10.0. The third-order valence-corrected chi connectivity index (χ3v) is 5.23. The monoisotopic (exact) mass is 342 g/mol. The number of aliphatic imine (C=N–C) groups is 1. The van der Waals surface area contributed by atoms with Crippen molar-refractivity contribution in [2.75, 3.05) is 28.4 Å². The van der Waals surface area contributed by atoms with E-state index in [9.17, 15) is 10.5 Å². The van der Waals surface area contributed by atoms with Gasteiger partial charge in [0.1, 0.15) is 22.7 Å². The van der Waals surface area contributed by atoms with E-state index in [4.69, 9.17) is 24.7 Å². The van der Waals surface area contributed by atoms with E-state index >= 15 is 0 Å². The lowest BCUT2D eigenvalue weighted by Crippen LogP contribution is -2.41. The molecule has 8 heteroatoms. The molecule has 1 fully saturated rings. The molecule has 0 radical (unpaired) electrons. The zero-order valence-electron chi connectivity index (χ0n) is 14.4. The first kappa shape index (κ1) is 17.0. The highest BCUT2D eigenvalue weighted by Gasteiger charge is 2.93. The van der Waals surface area contributed by atoms with Gasteiger partial charge in [-0.3, -0.25) is 0 Å². The second-order valence-corrected chi connectivity index (χ2v) is 5.87. The van der Waals surface area contributed by atoms with Gasteiger partial charge in [0, 0.05) is 25.7 Å². The number of fused-ring (bicyclic) bond motifs is 1. The van der Waals surface area contributed by atoms with Gasteiger partial charge in [0.15, 0.2) is 5.41 Å². The van der Waals surface area contributed by atoms with Crippen molar-refractivity contribution in [1.29, 1.82) is 10.5 Å². The molecule has 0 spiro atoms. The number of ether oxygens (including phenoxy) is 4. The molecule has 2 N–H and O–H groups in total. The molecule has 3 rings (SSSR count). The van der Waals surface area contributed by atoms with Crippen molar-refractivity contribution < 1.29 is 18.9 Å². The van der Waals surface area contributed by atoms with Crippen LogP contribution in [0.5, 0.6) is 11.5 Å². The molecule has 1 heterocycles. The second kappa shape index (κ2) is 5.35.